The highest BCUT2D eigenvalue weighted by atomic mass is 79.9. The number of anilines is 1. The van der Waals surface area contributed by atoms with Gasteiger partial charge in [-0.2, -0.15) is 0 Å². The lowest BCUT2D eigenvalue weighted by Crippen LogP contribution is -2.30. The number of hydrogen-bond acceptors (Lipinski definition) is 4. The number of primary amides is 1. The molecule has 3 N–H and O–H groups in total. The number of aryl methyl sites for hydroxylation is 1. The summed E-state index contributed by atoms with van der Waals surface area (Å²) < 4.78 is 1.03. The average molecular weight is 436 g/mol. The molecule has 0 aliphatic heterocycles. The van der Waals surface area contributed by atoms with Crippen LogP contribution in [0.1, 0.15) is 39.2 Å². The number of nitrogens with one attached hydrogen (secondary N) is 1. The summed E-state index contributed by atoms with van der Waals surface area (Å²) in [5.41, 5.74) is 8.25. The lowest BCUT2D eigenvalue weighted by atomic mass is 9.95. The Morgan fingerprint density at radius 1 is 1.23 bits per heavy atom. The number of hydrogen-bond donors (Lipinski definition) is 2. The Labute approximate surface area is 165 Å². The van der Waals surface area contributed by atoms with Crippen LogP contribution in [0.2, 0.25) is 0 Å². The van der Waals surface area contributed by atoms with Gasteiger partial charge in [0, 0.05) is 15.9 Å². The van der Waals surface area contributed by atoms with E-state index in [1.807, 2.05) is 36.2 Å². The molecule has 0 fully saturated rings. The summed E-state index contributed by atoms with van der Waals surface area (Å²) >= 11 is 4.91. The number of fused-ring (bicyclic) bond motifs is 1. The van der Waals surface area contributed by atoms with Crippen molar-refractivity contribution in [3.63, 3.8) is 0 Å². The van der Waals surface area contributed by atoms with Crippen LogP contribution in [0, 0.1) is 0 Å². The second-order valence-electron chi connectivity index (χ2n) is 6.63. The fraction of sp³-hybridized carbons (Fsp3) is 0.368. The van der Waals surface area contributed by atoms with Gasteiger partial charge in [0.2, 0.25) is 5.91 Å². The fourth-order valence-corrected chi connectivity index (χ4v) is 4.86. The van der Waals surface area contributed by atoms with E-state index in [1.165, 1.54) is 16.2 Å². The number of carbonyl (C=O) groups excluding carboxylic acids is 2. The first-order valence-electron chi connectivity index (χ1n) is 8.61. The van der Waals surface area contributed by atoms with E-state index in [2.05, 4.69) is 21.2 Å². The Morgan fingerprint density at radius 3 is 2.62 bits per heavy atom. The van der Waals surface area contributed by atoms with Crippen LogP contribution in [0.5, 0.6) is 0 Å². The van der Waals surface area contributed by atoms with Crippen LogP contribution in [0.15, 0.2) is 28.7 Å². The molecule has 138 valence electrons. The zero-order valence-electron chi connectivity index (χ0n) is 14.7. The molecule has 2 aromatic rings. The van der Waals surface area contributed by atoms with Gasteiger partial charge in [-0.25, -0.2) is 0 Å². The summed E-state index contributed by atoms with van der Waals surface area (Å²) in [7, 11) is 1.90. The lowest BCUT2D eigenvalue weighted by molar-refractivity contribution is -0.117. The van der Waals surface area contributed by atoms with Crippen LogP contribution in [-0.4, -0.2) is 30.3 Å². The summed E-state index contributed by atoms with van der Waals surface area (Å²) in [6.07, 6.45) is 4.01. The Morgan fingerprint density at radius 2 is 1.92 bits per heavy atom. The smallest absolute Gasteiger partial charge is 0.251 e. The van der Waals surface area contributed by atoms with Gasteiger partial charge >= 0.3 is 0 Å². The zero-order valence-corrected chi connectivity index (χ0v) is 17.1. The second kappa shape index (κ2) is 8.33. The van der Waals surface area contributed by atoms with E-state index in [9.17, 15) is 9.59 Å². The highest BCUT2D eigenvalue weighted by molar-refractivity contribution is 9.10. The molecule has 1 aromatic heterocycles. The Balaban J connectivity index is 1.65. The predicted molar refractivity (Wildman–Crippen MR) is 109 cm³/mol. The first-order valence-corrected chi connectivity index (χ1v) is 10.2. The number of likely N-dealkylation sites (N-methyl/N-ethyl adjacent to an activating group) is 1. The summed E-state index contributed by atoms with van der Waals surface area (Å²) in [5, 5.41) is 3.51. The maximum atomic E-state index is 12.4. The topological polar surface area (TPSA) is 75.4 Å². The number of thiophene rings is 1. The van der Waals surface area contributed by atoms with E-state index in [-0.39, 0.29) is 12.5 Å². The summed E-state index contributed by atoms with van der Waals surface area (Å²) in [6, 6.07) is 8.02. The molecule has 0 saturated heterocycles. The van der Waals surface area contributed by atoms with Gasteiger partial charge in [-0.05, 0) is 56.0 Å². The van der Waals surface area contributed by atoms with E-state index < -0.39 is 5.91 Å². The van der Waals surface area contributed by atoms with Crippen LogP contribution in [-0.2, 0) is 24.2 Å². The summed E-state index contributed by atoms with van der Waals surface area (Å²) in [4.78, 5) is 27.5. The van der Waals surface area contributed by atoms with Gasteiger partial charge in [0.1, 0.15) is 5.00 Å². The van der Waals surface area contributed by atoms with E-state index in [0.29, 0.717) is 17.1 Å². The minimum Gasteiger partial charge on any atom is -0.365 e. The van der Waals surface area contributed by atoms with E-state index in [4.69, 9.17) is 5.73 Å². The quantitative estimate of drug-likeness (QED) is 0.727. The molecule has 0 radical (unpaired) electrons. The van der Waals surface area contributed by atoms with Gasteiger partial charge in [0.05, 0.1) is 12.1 Å². The van der Waals surface area contributed by atoms with Crippen molar-refractivity contribution >= 4 is 44.1 Å². The van der Waals surface area contributed by atoms with Crippen LogP contribution in [0.3, 0.4) is 0 Å². The van der Waals surface area contributed by atoms with Gasteiger partial charge < -0.3 is 11.1 Å². The lowest BCUT2D eigenvalue weighted by Gasteiger charge is -2.16. The monoisotopic (exact) mass is 435 g/mol. The molecule has 26 heavy (non-hydrogen) atoms. The molecule has 0 spiro atoms. The number of carbonyl (C=O) groups is 2. The van der Waals surface area contributed by atoms with Crippen LogP contribution >= 0.6 is 27.3 Å². The molecule has 1 heterocycles. The molecule has 3 rings (SSSR count). The van der Waals surface area contributed by atoms with Crippen molar-refractivity contribution < 1.29 is 9.59 Å². The molecular formula is C19H22BrN3O2S. The average Bonchev–Trinajstić information content (AvgIpc) is 2.94. The molecule has 5 nitrogen and oxygen atoms in total. The Kier molecular flexibility index (Phi) is 6.11. The first-order chi connectivity index (χ1) is 12.4. The second-order valence-corrected chi connectivity index (χ2v) is 8.65. The maximum Gasteiger partial charge on any atom is 0.251 e. The van der Waals surface area contributed by atoms with Gasteiger partial charge in [-0.15, -0.1) is 11.3 Å². The summed E-state index contributed by atoms with van der Waals surface area (Å²) in [6.45, 7) is 0.918. The number of amides is 2. The molecule has 0 unspecified atom stereocenters. The largest absolute Gasteiger partial charge is 0.365 e. The number of rotatable bonds is 6. The molecular weight excluding hydrogens is 414 g/mol. The third kappa shape index (κ3) is 4.52. The highest BCUT2D eigenvalue weighted by Crippen LogP contribution is 2.37. The minimum atomic E-state index is -0.456. The van der Waals surface area contributed by atoms with Crippen molar-refractivity contribution in [1.82, 2.24) is 4.90 Å². The van der Waals surface area contributed by atoms with Crippen molar-refractivity contribution in [2.75, 3.05) is 18.9 Å². The van der Waals surface area contributed by atoms with Crippen LogP contribution in [0.25, 0.3) is 0 Å². The number of nitrogens with two attached hydrogens (primary N) is 1. The number of halogens is 1. The maximum absolute atomic E-state index is 12.4. The first kappa shape index (κ1) is 19.1. The highest BCUT2D eigenvalue weighted by Gasteiger charge is 2.25. The minimum absolute atomic E-state index is 0.134. The molecule has 7 heteroatoms. The van der Waals surface area contributed by atoms with Crippen LogP contribution in [0.4, 0.5) is 5.00 Å². The third-order valence-corrected chi connectivity index (χ3v) is 6.19. The van der Waals surface area contributed by atoms with Crippen molar-refractivity contribution in [1.29, 1.82) is 0 Å². The van der Waals surface area contributed by atoms with E-state index >= 15 is 0 Å². The third-order valence-electron chi connectivity index (χ3n) is 4.45. The SMILES string of the molecule is CN(CC(=O)Nc1sc2c(c1C(N)=O)CCCC2)Cc1ccc(Br)cc1. The molecule has 1 aromatic carbocycles. The van der Waals surface area contributed by atoms with Gasteiger partial charge in [0.25, 0.3) is 5.91 Å². The predicted octanol–water partition coefficient (Wildman–Crippen LogP) is 3.56. The van der Waals surface area contributed by atoms with E-state index in [1.54, 1.807) is 0 Å². The number of benzene rings is 1. The molecule has 0 atom stereocenters. The van der Waals surface area contributed by atoms with Gasteiger partial charge in [-0.1, -0.05) is 28.1 Å². The van der Waals surface area contributed by atoms with Crippen molar-refractivity contribution in [3.05, 3.63) is 50.3 Å². The molecule has 0 saturated carbocycles. The van der Waals surface area contributed by atoms with Gasteiger partial charge in [-0.3, -0.25) is 14.5 Å². The van der Waals surface area contributed by atoms with Crippen molar-refractivity contribution in [2.24, 2.45) is 5.73 Å². The molecule has 2 amide bonds. The van der Waals surface area contributed by atoms with Crippen LogP contribution < -0.4 is 11.1 Å². The van der Waals surface area contributed by atoms with Crippen molar-refractivity contribution in [3.8, 4) is 0 Å². The summed E-state index contributed by atoms with van der Waals surface area (Å²) in [5.74, 6) is -0.589. The Bertz CT molecular complexity index is 817. The molecule has 1 aliphatic carbocycles. The zero-order chi connectivity index (χ0) is 18.7. The molecule has 0 bridgehead atoms. The Hall–Kier alpha value is -1.70. The molecule has 1 aliphatic rings. The number of nitrogens with zero attached hydrogens (tertiary/aromatic N) is 1. The fourth-order valence-electron chi connectivity index (χ4n) is 3.28. The normalized spacial score (nSPS) is 13.5. The van der Waals surface area contributed by atoms with Crippen molar-refractivity contribution in [2.45, 2.75) is 32.2 Å². The van der Waals surface area contributed by atoms with Gasteiger partial charge in [0.15, 0.2) is 0 Å². The van der Waals surface area contributed by atoms with E-state index in [0.717, 1.165) is 41.3 Å². The standard InChI is InChI=1S/C19H22BrN3O2S/c1-23(10-12-6-8-13(20)9-7-12)11-16(24)22-19-17(18(21)25)14-4-2-3-5-15(14)26-19/h6-9H,2-5,10-11H2,1H3,(H2,21,25)(H,22,24).